The molecule has 0 unspecified atom stereocenters. The summed E-state index contributed by atoms with van der Waals surface area (Å²) in [5.41, 5.74) is 10.1. The van der Waals surface area contributed by atoms with Gasteiger partial charge in [-0.05, 0) is 71.0 Å². The second-order valence-electron chi connectivity index (χ2n) is 13.1. The molecule has 2 nitrogen and oxygen atoms in total. The SMILES string of the molecule is Cc1ccc2c(c1)[Si](c1ccccc1)(c1ccccc1)c1cc(C)ccc1N2c1ccc2c(c1)c1cccc3c4ccccc4n2c31. The van der Waals surface area contributed by atoms with E-state index in [0.717, 1.165) is 0 Å². The smallest absolute Gasteiger partial charge is 0.184 e. The minimum absolute atomic E-state index is 1.19. The minimum atomic E-state index is -2.69. The van der Waals surface area contributed by atoms with E-state index in [1.165, 1.54) is 87.0 Å². The molecule has 0 amide bonds. The lowest BCUT2D eigenvalue weighted by molar-refractivity contribution is 1.28. The van der Waals surface area contributed by atoms with Crippen LogP contribution in [0.25, 0.3) is 38.1 Å². The first-order valence-electron chi connectivity index (χ1n) is 16.4. The Kier molecular flexibility index (Phi) is 5.47. The molecule has 0 atom stereocenters. The van der Waals surface area contributed by atoms with Gasteiger partial charge in [-0.3, -0.25) is 0 Å². The highest BCUT2D eigenvalue weighted by molar-refractivity contribution is 7.21. The summed E-state index contributed by atoms with van der Waals surface area (Å²) in [4.78, 5) is 2.53. The van der Waals surface area contributed by atoms with E-state index in [2.05, 4.69) is 181 Å². The Morgan fingerprint density at radius 2 is 0.957 bits per heavy atom. The lowest BCUT2D eigenvalue weighted by Crippen LogP contribution is -2.77. The quantitative estimate of drug-likeness (QED) is 0.180. The summed E-state index contributed by atoms with van der Waals surface area (Å²) in [5, 5.41) is 10.9. The van der Waals surface area contributed by atoms with E-state index >= 15 is 0 Å². The molecule has 7 aromatic carbocycles. The number of fused-ring (bicyclic) bond motifs is 8. The van der Waals surface area contributed by atoms with Gasteiger partial charge in [0, 0.05) is 38.6 Å². The Balaban J connectivity index is 1.31. The van der Waals surface area contributed by atoms with Crippen LogP contribution in [-0.2, 0) is 0 Å². The second-order valence-corrected chi connectivity index (χ2v) is 16.8. The predicted molar refractivity (Wildman–Crippen MR) is 202 cm³/mol. The standard InChI is InChI=1S/C44H32N2Si/c1-29-20-23-40-42(26-29)47(32-12-5-3-6-13-32,33-14-7-4-8-15-33)43-27-30(2)21-24-41(43)45(40)31-22-25-39-37(28-31)36-18-11-17-35-34-16-9-10-19-38(34)46(39)44(35)36/h3-28H,1-2H3. The van der Waals surface area contributed by atoms with Gasteiger partial charge >= 0.3 is 0 Å². The van der Waals surface area contributed by atoms with Gasteiger partial charge in [0.15, 0.2) is 8.07 Å². The topological polar surface area (TPSA) is 7.65 Å². The van der Waals surface area contributed by atoms with Gasteiger partial charge in [0.1, 0.15) is 0 Å². The van der Waals surface area contributed by atoms with Gasteiger partial charge in [-0.25, -0.2) is 0 Å². The summed E-state index contributed by atoms with van der Waals surface area (Å²) in [7, 11) is -2.69. The first-order chi connectivity index (χ1) is 23.1. The summed E-state index contributed by atoms with van der Waals surface area (Å²) in [5.74, 6) is 0. The fraction of sp³-hybridized carbons (Fsp3) is 0.0455. The molecule has 47 heavy (non-hydrogen) atoms. The highest BCUT2D eigenvalue weighted by atomic mass is 28.3. The maximum atomic E-state index is 2.53. The third-order valence-corrected chi connectivity index (χ3v) is 15.3. The Morgan fingerprint density at radius 3 is 1.60 bits per heavy atom. The van der Waals surface area contributed by atoms with Crippen LogP contribution >= 0.6 is 0 Å². The Labute approximate surface area is 275 Å². The van der Waals surface area contributed by atoms with Crippen LogP contribution in [-0.4, -0.2) is 12.5 Å². The van der Waals surface area contributed by atoms with Crippen molar-refractivity contribution in [3.63, 3.8) is 0 Å². The zero-order valence-electron chi connectivity index (χ0n) is 26.4. The fourth-order valence-corrected chi connectivity index (χ4v) is 13.9. The van der Waals surface area contributed by atoms with E-state index in [4.69, 9.17) is 0 Å². The minimum Gasteiger partial charge on any atom is -0.311 e. The van der Waals surface area contributed by atoms with E-state index in [1.54, 1.807) is 0 Å². The van der Waals surface area contributed by atoms with E-state index in [-0.39, 0.29) is 0 Å². The number of hydrogen-bond donors (Lipinski definition) is 0. The average molecular weight is 617 g/mol. The molecular formula is C44H32N2Si. The molecule has 0 N–H and O–H groups in total. The molecule has 222 valence electrons. The van der Waals surface area contributed by atoms with Crippen molar-refractivity contribution in [2.75, 3.05) is 4.90 Å². The molecule has 3 heteroatoms. The molecule has 3 heterocycles. The lowest BCUT2D eigenvalue weighted by atomic mass is 10.1. The van der Waals surface area contributed by atoms with Crippen LogP contribution in [0.1, 0.15) is 11.1 Å². The van der Waals surface area contributed by atoms with Crippen molar-refractivity contribution in [1.82, 2.24) is 4.40 Å². The molecule has 1 aliphatic rings. The van der Waals surface area contributed by atoms with E-state index in [0.29, 0.717) is 0 Å². The van der Waals surface area contributed by atoms with Crippen LogP contribution in [0.3, 0.4) is 0 Å². The van der Waals surface area contributed by atoms with Crippen LogP contribution < -0.4 is 25.6 Å². The number of anilines is 3. The van der Waals surface area contributed by atoms with Crippen molar-refractivity contribution in [3.05, 3.63) is 169 Å². The molecule has 0 fully saturated rings. The van der Waals surface area contributed by atoms with Gasteiger partial charge in [0.05, 0.1) is 16.6 Å². The van der Waals surface area contributed by atoms with Crippen molar-refractivity contribution in [2.45, 2.75) is 13.8 Å². The maximum absolute atomic E-state index is 2.69. The van der Waals surface area contributed by atoms with Gasteiger partial charge in [-0.2, -0.15) is 0 Å². The number of aromatic nitrogens is 1. The number of rotatable bonds is 3. The van der Waals surface area contributed by atoms with E-state index < -0.39 is 8.07 Å². The molecule has 0 aliphatic carbocycles. The number of nitrogens with zero attached hydrogens (tertiary/aromatic N) is 2. The van der Waals surface area contributed by atoms with Crippen LogP contribution in [0.2, 0.25) is 0 Å². The normalized spacial score (nSPS) is 13.9. The highest BCUT2D eigenvalue weighted by Crippen LogP contribution is 2.43. The van der Waals surface area contributed by atoms with Gasteiger partial charge in [0.2, 0.25) is 0 Å². The molecule has 0 spiro atoms. The molecule has 0 bridgehead atoms. The Bertz CT molecular complexity index is 2560. The molecule has 0 saturated heterocycles. The van der Waals surface area contributed by atoms with Gasteiger partial charge in [-0.1, -0.05) is 132 Å². The summed E-state index contributed by atoms with van der Waals surface area (Å²) in [6, 6.07) is 59.5. The second kappa shape index (κ2) is 9.68. The Hall–Kier alpha value is -5.64. The van der Waals surface area contributed by atoms with Crippen LogP contribution in [0, 0.1) is 13.8 Å². The molecule has 0 saturated carbocycles. The summed E-state index contributed by atoms with van der Waals surface area (Å²) in [6.07, 6.45) is 0. The van der Waals surface area contributed by atoms with Gasteiger partial charge in [0.25, 0.3) is 0 Å². The molecule has 0 radical (unpaired) electrons. The fourth-order valence-electron chi connectivity index (χ4n) is 8.57. The molecule has 2 aromatic heterocycles. The molecule has 10 rings (SSSR count). The summed E-state index contributed by atoms with van der Waals surface area (Å²) < 4.78 is 2.46. The monoisotopic (exact) mass is 616 g/mol. The summed E-state index contributed by atoms with van der Waals surface area (Å²) in [6.45, 7) is 4.47. The van der Waals surface area contributed by atoms with Crippen molar-refractivity contribution in [3.8, 4) is 0 Å². The van der Waals surface area contributed by atoms with E-state index in [9.17, 15) is 0 Å². The largest absolute Gasteiger partial charge is 0.311 e. The van der Waals surface area contributed by atoms with Crippen molar-refractivity contribution < 1.29 is 0 Å². The van der Waals surface area contributed by atoms with Crippen LogP contribution in [0.5, 0.6) is 0 Å². The lowest BCUT2D eigenvalue weighted by Gasteiger charge is -2.45. The van der Waals surface area contributed by atoms with Crippen molar-refractivity contribution >= 4 is 84.0 Å². The van der Waals surface area contributed by atoms with Crippen molar-refractivity contribution in [2.24, 2.45) is 0 Å². The van der Waals surface area contributed by atoms with Gasteiger partial charge in [-0.15, -0.1) is 0 Å². The van der Waals surface area contributed by atoms with Crippen LogP contribution in [0.4, 0.5) is 17.1 Å². The Morgan fingerprint density at radius 1 is 0.426 bits per heavy atom. The third-order valence-electron chi connectivity index (χ3n) is 10.5. The molecule has 9 aromatic rings. The average Bonchev–Trinajstić information content (AvgIpc) is 3.63. The first-order valence-corrected chi connectivity index (χ1v) is 18.4. The highest BCUT2D eigenvalue weighted by Gasteiger charge is 2.49. The predicted octanol–water partition coefficient (Wildman–Crippen LogP) is 8.61. The van der Waals surface area contributed by atoms with Gasteiger partial charge < -0.3 is 9.30 Å². The van der Waals surface area contributed by atoms with Crippen molar-refractivity contribution in [1.29, 1.82) is 0 Å². The zero-order valence-corrected chi connectivity index (χ0v) is 27.4. The zero-order chi connectivity index (χ0) is 31.3. The third kappa shape index (κ3) is 3.49. The molecule has 1 aliphatic heterocycles. The molecular weight excluding hydrogens is 585 g/mol. The number of hydrogen-bond acceptors (Lipinski definition) is 1. The number of benzene rings is 7. The number of aryl methyl sites for hydroxylation is 2. The summed E-state index contributed by atoms with van der Waals surface area (Å²) >= 11 is 0. The first kappa shape index (κ1) is 26.6. The van der Waals surface area contributed by atoms with Crippen LogP contribution in [0.15, 0.2) is 158 Å². The maximum Gasteiger partial charge on any atom is 0.184 e. The van der Waals surface area contributed by atoms with E-state index in [1.807, 2.05) is 0 Å². The number of para-hydroxylation sites is 2.